The van der Waals surface area contributed by atoms with E-state index in [9.17, 15) is 28.5 Å². The fourth-order valence-corrected chi connectivity index (χ4v) is 1.56. The first kappa shape index (κ1) is 11.9. The highest BCUT2D eigenvalue weighted by molar-refractivity contribution is 6.40. The number of hydrogen-bond donors (Lipinski definition) is 2. The van der Waals surface area contributed by atoms with E-state index in [1.165, 1.54) is 0 Å². The van der Waals surface area contributed by atoms with Gasteiger partial charge in [0.25, 0.3) is 0 Å². The second kappa shape index (κ2) is 4.02. The largest absolute Gasteiger partial charge is 0.343 e. The highest BCUT2D eigenvalue weighted by atomic mass is 19.2. The Hall–Kier alpha value is -2.58. The van der Waals surface area contributed by atoms with Gasteiger partial charge in [-0.25, -0.2) is 4.39 Å². The van der Waals surface area contributed by atoms with E-state index in [2.05, 4.69) is 0 Å². The molecule has 0 bridgehead atoms. The maximum atomic E-state index is 13.3. The summed E-state index contributed by atoms with van der Waals surface area (Å²) in [6.45, 7) is -0.444. The molecule has 2 amide bonds. The first-order valence-electron chi connectivity index (χ1n) is 4.66. The van der Waals surface area contributed by atoms with Crippen molar-refractivity contribution in [3.8, 4) is 0 Å². The smallest absolute Gasteiger partial charge is 0.314 e. The monoisotopic (exact) mass is 257 g/mol. The molecule has 2 N–H and O–H groups in total. The molecule has 1 aliphatic rings. The number of anilines is 1. The molecule has 2 rings (SSSR count). The Morgan fingerprint density at radius 2 is 1.94 bits per heavy atom. The predicted octanol–water partition coefficient (Wildman–Crippen LogP) is 0.441. The Balaban J connectivity index is 2.68. The minimum atomic E-state index is -1.64. The number of fused-ring (bicyclic) bond motifs is 1. The van der Waals surface area contributed by atoms with Gasteiger partial charge in [-0.1, -0.05) is 0 Å². The van der Waals surface area contributed by atoms with E-state index < -0.39 is 40.6 Å². The molecular formula is C9H5F2N3O4. The minimum absolute atomic E-state index is 0.293. The third-order valence-corrected chi connectivity index (χ3v) is 2.36. The molecular weight excluding hydrogens is 252 g/mol. The van der Waals surface area contributed by atoms with Gasteiger partial charge in [-0.05, 0) is 0 Å². The summed E-state index contributed by atoms with van der Waals surface area (Å²) in [5, 5.41) is 14.7. The van der Waals surface area contributed by atoms with Crippen molar-refractivity contribution in [1.29, 1.82) is 0 Å². The number of carbonyl (C=O) groups excluding carboxylic acids is 2. The number of halogens is 2. The zero-order valence-corrected chi connectivity index (χ0v) is 8.62. The van der Waals surface area contributed by atoms with E-state index in [0.717, 1.165) is 0 Å². The number of nitrogens with one attached hydrogen (secondary N) is 2. The molecule has 1 aromatic rings. The summed E-state index contributed by atoms with van der Waals surface area (Å²) in [7, 11) is 0. The number of nitrogens with zero attached hydrogens (tertiary/aromatic N) is 1. The average Bonchev–Trinajstić information content (AvgIpc) is 2.41. The van der Waals surface area contributed by atoms with E-state index in [4.69, 9.17) is 0 Å². The van der Waals surface area contributed by atoms with Gasteiger partial charge in [-0.3, -0.25) is 19.7 Å². The van der Waals surface area contributed by atoms with Crippen LogP contribution in [0.2, 0.25) is 0 Å². The summed E-state index contributed by atoms with van der Waals surface area (Å²) >= 11 is 0. The molecule has 0 atom stereocenters. The highest BCUT2D eigenvalue weighted by Crippen LogP contribution is 2.32. The van der Waals surface area contributed by atoms with Crippen LogP contribution in [0.5, 0.6) is 0 Å². The molecule has 1 heterocycles. The van der Waals surface area contributed by atoms with E-state index in [0.29, 0.717) is 6.07 Å². The van der Waals surface area contributed by atoms with Gasteiger partial charge in [0.2, 0.25) is 5.82 Å². The molecule has 94 valence electrons. The quantitative estimate of drug-likeness (QED) is 0.433. The summed E-state index contributed by atoms with van der Waals surface area (Å²) in [4.78, 5) is 31.8. The van der Waals surface area contributed by atoms with Crippen LogP contribution in [-0.2, 0) is 16.1 Å². The van der Waals surface area contributed by atoms with Gasteiger partial charge in [0, 0.05) is 6.07 Å². The lowest BCUT2D eigenvalue weighted by atomic mass is 10.1. The second-order valence-corrected chi connectivity index (χ2v) is 3.44. The summed E-state index contributed by atoms with van der Waals surface area (Å²) in [5.41, 5.74) is -1.70. The van der Waals surface area contributed by atoms with Gasteiger partial charge < -0.3 is 10.6 Å². The Morgan fingerprint density at radius 3 is 2.56 bits per heavy atom. The number of hydrogen-bond acceptors (Lipinski definition) is 4. The summed E-state index contributed by atoms with van der Waals surface area (Å²) in [6.07, 6.45) is 0. The number of carbonyl (C=O) groups is 2. The second-order valence-electron chi connectivity index (χ2n) is 3.44. The molecule has 0 radical (unpaired) electrons. The van der Waals surface area contributed by atoms with Crippen molar-refractivity contribution in [2.24, 2.45) is 0 Å². The molecule has 0 unspecified atom stereocenters. The van der Waals surface area contributed by atoms with Crippen LogP contribution in [0.25, 0.3) is 0 Å². The van der Waals surface area contributed by atoms with E-state index in [-0.39, 0.29) is 11.3 Å². The molecule has 7 nitrogen and oxygen atoms in total. The van der Waals surface area contributed by atoms with Crippen LogP contribution < -0.4 is 10.6 Å². The van der Waals surface area contributed by atoms with Crippen LogP contribution in [0.4, 0.5) is 20.2 Å². The maximum Gasteiger partial charge on any atom is 0.314 e. The summed E-state index contributed by atoms with van der Waals surface area (Å²) in [5.74, 6) is -5.25. The number of benzene rings is 1. The molecule has 0 aliphatic carbocycles. The molecule has 18 heavy (non-hydrogen) atoms. The fourth-order valence-electron chi connectivity index (χ4n) is 1.56. The minimum Gasteiger partial charge on any atom is -0.343 e. The van der Waals surface area contributed by atoms with Crippen molar-refractivity contribution in [2.75, 3.05) is 5.32 Å². The number of amides is 2. The lowest BCUT2D eigenvalue weighted by Crippen LogP contribution is -2.31. The van der Waals surface area contributed by atoms with Crippen molar-refractivity contribution in [3.63, 3.8) is 0 Å². The normalized spacial score (nSPS) is 14.3. The summed E-state index contributed by atoms with van der Waals surface area (Å²) < 4.78 is 26.5. The Bertz CT molecular complexity index is 588. The predicted molar refractivity (Wildman–Crippen MR) is 53.5 cm³/mol. The van der Waals surface area contributed by atoms with Crippen molar-refractivity contribution in [2.45, 2.75) is 6.54 Å². The van der Waals surface area contributed by atoms with Crippen molar-refractivity contribution in [3.05, 3.63) is 33.4 Å². The first-order chi connectivity index (χ1) is 8.41. The average molecular weight is 257 g/mol. The standard InChI is InChI=1S/C9H5F2N3O4/c10-4-1-5-3(7(6(4)11)14(17)18)2-12-8(15)9(16)13-5/h1H,2H2,(H,12,15)(H,13,16). The van der Waals surface area contributed by atoms with Crippen molar-refractivity contribution >= 4 is 23.2 Å². The van der Waals surface area contributed by atoms with Crippen molar-refractivity contribution in [1.82, 2.24) is 5.32 Å². The third-order valence-electron chi connectivity index (χ3n) is 2.36. The molecule has 0 spiro atoms. The lowest BCUT2D eigenvalue weighted by molar-refractivity contribution is -0.388. The highest BCUT2D eigenvalue weighted by Gasteiger charge is 2.31. The van der Waals surface area contributed by atoms with Crippen LogP contribution >= 0.6 is 0 Å². The van der Waals surface area contributed by atoms with Gasteiger partial charge in [0.05, 0.1) is 22.7 Å². The van der Waals surface area contributed by atoms with Crippen LogP contribution in [-0.4, -0.2) is 16.7 Å². The van der Waals surface area contributed by atoms with Crippen LogP contribution in [0.1, 0.15) is 5.56 Å². The van der Waals surface area contributed by atoms with Gasteiger partial charge in [-0.2, -0.15) is 4.39 Å². The van der Waals surface area contributed by atoms with Crippen LogP contribution in [0.3, 0.4) is 0 Å². The number of nitro groups is 1. The molecule has 1 aromatic carbocycles. The maximum absolute atomic E-state index is 13.3. The molecule has 9 heteroatoms. The van der Waals surface area contributed by atoms with E-state index in [1.807, 2.05) is 10.6 Å². The zero-order chi connectivity index (χ0) is 13.4. The first-order valence-corrected chi connectivity index (χ1v) is 4.66. The Labute approximate surface area is 97.9 Å². The lowest BCUT2D eigenvalue weighted by Gasteiger charge is -2.07. The van der Waals surface area contributed by atoms with E-state index in [1.54, 1.807) is 0 Å². The van der Waals surface area contributed by atoms with Gasteiger partial charge >= 0.3 is 17.5 Å². The van der Waals surface area contributed by atoms with Crippen LogP contribution in [0.15, 0.2) is 6.07 Å². The number of nitro benzene ring substituents is 1. The Kier molecular flexibility index (Phi) is 2.66. The molecule has 1 aliphatic heterocycles. The van der Waals surface area contributed by atoms with Crippen LogP contribution in [0, 0.1) is 21.7 Å². The SMILES string of the molecule is O=C1NCc2c(cc(F)c(F)c2[N+](=O)[O-])NC1=O. The Morgan fingerprint density at radius 1 is 1.28 bits per heavy atom. The third kappa shape index (κ3) is 1.75. The van der Waals surface area contributed by atoms with Gasteiger partial charge in [0.1, 0.15) is 0 Å². The molecule has 0 fully saturated rings. The topological polar surface area (TPSA) is 101 Å². The molecule has 0 saturated carbocycles. The fraction of sp³-hybridized carbons (Fsp3) is 0.111. The number of rotatable bonds is 1. The van der Waals surface area contributed by atoms with E-state index >= 15 is 0 Å². The summed E-state index contributed by atoms with van der Waals surface area (Å²) in [6, 6.07) is 0.593. The van der Waals surface area contributed by atoms with Gasteiger partial charge in [0.15, 0.2) is 5.82 Å². The van der Waals surface area contributed by atoms with Crippen molar-refractivity contribution < 1.29 is 23.3 Å². The van der Waals surface area contributed by atoms with Gasteiger partial charge in [-0.15, -0.1) is 0 Å². The molecule has 0 aromatic heterocycles. The molecule has 0 saturated heterocycles. The zero-order valence-electron chi connectivity index (χ0n) is 8.62.